The monoisotopic (exact) mass is 223 g/mol. The maximum atomic E-state index is 9.18. The van der Waals surface area contributed by atoms with E-state index in [0.29, 0.717) is 13.2 Å². The lowest BCUT2D eigenvalue weighted by atomic mass is 9.87. The Morgan fingerprint density at radius 3 is 2.56 bits per heavy atom. The highest BCUT2D eigenvalue weighted by Gasteiger charge is 2.20. The number of nitrogens with two attached hydrogens (primary N) is 1. The Hall–Kier alpha value is -1.06. The molecule has 0 saturated heterocycles. The molecule has 1 aromatic rings. The first kappa shape index (κ1) is 13.0. The van der Waals surface area contributed by atoms with Crippen molar-refractivity contribution in [3.8, 4) is 5.75 Å². The number of hydrogen-bond acceptors (Lipinski definition) is 3. The van der Waals surface area contributed by atoms with Crippen LogP contribution in [0.5, 0.6) is 5.75 Å². The lowest BCUT2D eigenvalue weighted by molar-refractivity contribution is 0.130. The minimum Gasteiger partial charge on any atom is -0.494 e. The summed E-state index contributed by atoms with van der Waals surface area (Å²) in [6, 6.07) is 9.74. The molecular formula is C13H21NO2. The Morgan fingerprint density at radius 2 is 2.00 bits per heavy atom. The molecule has 1 atom stereocenters. The Labute approximate surface area is 97.2 Å². The van der Waals surface area contributed by atoms with E-state index in [1.807, 2.05) is 37.3 Å². The van der Waals surface area contributed by atoms with Gasteiger partial charge in [-0.3, -0.25) is 0 Å². The molecule has 0 saturated carbocycles. The second kappa shape index (κ2) is 6.51. The Morgan fingerprint density at radius 1 is 1.31 bits per heavy atom. The van der Waals surface area contributed by atoms with E-state index < -0.39 is 0 Å². The van der Waals surface area contributed by atoms with Crippen molar-refractivity contribution in [2.45, 2.75) is 19.8 Å². The van der Waals surface area contributed by atoms with E-state index in [0.717, 1.165) is 18.6 Å². The minimum absolute atomic E-state index is 0.134. The van der Waals surface area contributed by atoms with Gasteiger partial charge in [-0.25, -0.2) is 0 Å². The van der Waals surface area contributed by atoms with Crippen LogP contribution in [0.3, 0.4) is 0 Å². The molecule has 1 unspecified atom stereocenters. The summed E-state index contributed by atoms with van der Waals surface area (Å²) in [5, 5.41) is 9.18. The molecule has 90 valence electrons. The number of hydrogen-bond donors (Lipinski definition) is 2. The van der Waals surface area contributed by atoms with Crippen molar-refractivity contribution in [1.82, 2.24) is 0 Å². The molecular weight excluding hydrogens is 202 g/mol. The van der Waals surface area contributed by atoms with Crippen LogP contribution in [0.1, 0.15) is 19.8 Å². The lowest BCUT2D eigenvalue weighted by Gasteiger charge is -2.24. The van der Waals surface area contributed by atoms with Gasteiger partial charge in [-0.2, -0.15) is 0 Å². The summed E-state index contributed by atoms with van der Waals surface area (Å²) in [7, 11) is 0. The highest BCUT2D eigenvalue weighted by Crippen LogP contribution is 2.20. The molecule has 3 heteroatoms. The molecule has 0 spiro atoms. The third kappa shape index (κ3) is 4.21. The van der Waals surface area contributed by atoms with Crippen LogP contribution in [-0.4, -0.2) is 24.9 Å². The first-order chi connectivity index (χ1) is 7.70. The summed E-state index contributed by atoms with van der Waals surface area (Å²) in [6.45, 7) is 3.30. The van der Waals surface area contributed by atoms with Crippen LogP contribution >= 0.6 is 0 Å². The van der Waals surface area contributed by atoms with Gasteiger partial charge in [0.1, 0.15) is 5.75 Å². The van der Waals surface area contributed by atoms with E-state index in [1.165, 1.54) is 0 Å². The number of ether oxygens (including phenoxy) is 1. The second-order valence-corrected chi connectivity index (χ2v) is 4.44. The molecule has 0 aliphatic heterocycles. The van der Waals surface area contributed by atoms with Crippen LogP contribution < -0.4 is 10.5 Å². The van der Waals surface area contributed by atoms with Crippen LogP contribution in [0.25, 0.3) is 0 Å². The Balaban J connectivity index is 2.22. The fourth-order valence-corrected chi connectivity index (χ4v) is 1.45. The number of rotatable bonds is 7. The molecule has 1 rings (SSSR count). The van der Waals surface area contributed by atoms with E-state index in [9.17, 15) is 5.11 Å². The average molecular weight is 223 g/mol. The van der Waals surface area contributed by atoms with E-state index >= 15 is 0 Å². The average Bonchev–Trinajstić information content (AvgIpc) is 2.36. The van der Waals surface area contributed by atoms with Gasteiger partial charge >= 0.3 is 0 Å². The number of aliphatic hydroxyl groups excluding tert-OH is 1. The van der Waals surface area contributed by atoms with Gasteiger partial charge in [-0.05, 0) is 31.5 Å². The van der Waals surface area contributed by atoms with Crippen molar-refractivity contribution in [2.75, 3.05) is 19.8 Å². The first-order valence-electron chi connectivity index (χ1n) is 5.69. The SMILES string of the molecule is CC(CN)(CO)CCCOc1ccccc1. The zero-order chi connectivity index (χ0) is 11.9. The molecule has 0 bridgehead atoms. The number of para-hydroxylation sites is 1. The van der Waals surface area contributed by atoms with Gasteiger partial charge in [0.2, 0.25) is 0 Å². The Bertz CT molecular complexity index is 283. The summed E-state index contributed by atoms with van der Waals surface area (Å²) in [5.41, 5.74) is 5.44. The van der Waals surface area contributed by atoms with Crippen molar-refractivity contribution in [3.63, 3.8) is 0 Å². The summed E-state index contributed by atoms with van der Waals surface area (Å²) < 4.78 is 5.57. The molecule has 0 aromatic heterocycles. The van der Waals surface area contributed by atoms with E-state index in [4.69, 9.17) is 10.5 Å². The summed E-state index contributed by atoms with van der Waals surface area (Å²) in [5.74, 6) is 0.890. The molecule has 3 nitrogen and oxygen atoms in total. The van der Waals surface area contributed by atoms with Gasteiger partial charge in [-0.15, -0.1) is 0 Å². The van der Waals surface area contributed by atoms with Crippen molar-refractivity contribution >= 4 is 0 Å². The lowest BCUT2D eigenvalue weighted by Crippen LogP contribution is -2.31. The highest BCUT2D eigenvalue weighted by molar-refractivity contribution is 5.20. The van der Waals surface area contributed by atoms with Gasteiger partial charge in [0.25, 0.3) is 0 Å². The summed E-state index contributed by atoms with van der Waals surface area (Å²) in [6.07, 6.45) is 1.79. The largest absolute Gasteiger partial charge is 0.494 e. The standard InChI is InChI=1S/C13H21NO2/c1-13(10-14,11-15)8-5-9-16-12-6-3-2-4-7-12/h2-4,6-7,15H,5,8-11,14H2,1H3. The second-order valence-electron chi connectivity index (χ2n) is 4.44. The van der Waals surface area contributed by atoms with E-state index in [1.54, 1.807) is 0 Å². The molecule has 0 aliphatic rings. The zero-order valence-corrected chi connectivity index (χ0v) is 9.86. The molecule has 0 radical (unpaired) electrons. The third-order valence-corrected chi connectivity index (χ3v) is 2.81. The van der Waals surface area contributed by atoms with Gasteiger partial charge in [-0.1, -0.05) is 25.1 Å². The molecule has 3 N–H and O–H groups in total. The molecule has 1 aromatic carbocycles. The zero-order valence-electron chi connectivity index (χ0n) is 9.86. The maximum absolute atomic E-state index is 9.18. The van der Waals surface area contributed by atoms with Crippen LogP contribution in [0.15, 0.2) is 30.3 Å². The van der Waals surface area contributed by atoms with Crippen LogP contribution in [-0.2, 0) is 0 Å². The van der Waals surface area contributed by atoms with Crippen LogP contribution in [0, 0.1) is 5.41 Å². The van der Waals surface area contributed by atoms with Gasteiger partial charge in [0, 0.05) is 12.0 Å². The van der Waals surface area contributed by atoms with Crippen molar-refractivity contribution < 1.29 is 9.84 Å². The predicted octanol–water partition coefficient (Wildman–Crippen LogP) is 1.80. The maximum Gasteiger partial charge on any atom is 0.119 e. The fraction of sp³-hybridized carbons (Fsp3) is 0.538. The fourth-order valence-electron chi connectivity index (χ4n) is 1.45. The van der Waals surface area contributed by atoms with Crippen LogP contribution in [0.4, 0.5) is 0 Å². The highest BCUT2D eigenvalue weighted by atomic mass is 16.5. The Kier molecular flexibility index (Phi) is 5.29. The van der Waals surface area contributed by atoms with Crippen LogP contribution in [0.2, 0.25) is 0 Å². The minimum atomic E-state index is -0.167. The molecule has 0 fully saturated rings. The molecule has 0 heterocycles. The summed E-state index contributed by atoms with van der Waals surface area (Å²) >= 11 is 0. The quantitative estimate of drug-likeness (QED) is 0.693. The molecule has 16 heavy (non-hydrogen) atoms. The van der Waals surface area contributed by atoms with Crippen molar-refractivity contribution in [3.05, 3.63) is 30.3 Å². The number of aliphatic hydroxyl groups is 1. The molecule has 0 aliphatic carbocycles. The van der Waals surface area contributed by atoms with Gasteiger partial charge < -0.3 is 15.6 Å². The number of benzene rings is 1. The first-order valence-corrected chi connectivity index (χ1v) is 5.69. The normalized spacial score (nSPS) is 14.4. The van der Waals surface area contributed by atoms with E-state index in [-0.39, 0.29) is 12.0 Å². The van der Waals surface area contributed by atoms with E-state index in [2.05, 4.69) is 0 Å². The predicted molar refractivity (Wildman–Crippen MR) is 65.4 cm³/mol. The third-order valence-electron chi connectivity index (χ3n) is 2.81. The van der Waals surface area contributed by atoms with Gasteiger partial charge in [0.15, 0.2) is 0 Å². The molecule has 0 amide bonds. The topological polar surface area (TPSA) is 55.5 Å². The van der Waals surface area contributed by atoms with Gasteiger partial charge in [0.05, 0.1) is 6.61 Å². The van der Waals surface area contributed by atoms with Crippen molar-refractivity contribution in [2.24, 2.45) is 11.1 Å². The van der Waals surface area contributed by atoms with Crippen molar-refractivity contribution in [1.29, 1.82) is 0 Å². The smallest absolute Gasteiger partial charge is 0.119 e. The summed E-state index contributed by atoms with van der Waals surface area (Å²) in [4.78, 5) is 0.